The van der Waals surface area contributed by atoms with E-state index in [4.69, 9.17) is 14.2 Å². The lowest BCUT2D eigenvalue weighted by Crippen LogP contribution is -2.06. The van der Waals surface area contributed by atoms with Crippen molar-refractivity contribution in [1.82, 2.24) is 0 Å². The minimum Gasteiger partial charge on any atom is -0.496 e. The summed E-state index contributed by atoms with van der Waals surface area (Å²) in [5.74, 6) is -0.409. The molecular weight excluding hydrogens is 320 g/mol. The molecule has 0 aliphatic carbocycles. The van der Waals surface area contributed by atoms with E-state index in [1.165, 1.54) is 13.2 Å². The fourth-order valence-corrected chi connectivity index (χ4v) is 2.13. The maximum Gasteiger partial charge on any atom is 0.338 e. The molecule has 0 fully saturated rings. The van der Waals surface area contributed by atoms with Crippen molar-refractivity contribution < 1.29 is 23.8 Å². The second-order valence-corrected chi connectivity index (χ2v) is 5.10. The van der Waals surface area contributed by atoms with Crippen molar-refractivity contribution in [1.29, 1.82) is 0 Å². The first kappa shape index (κ1) is 18.3. The van der Waals surface area contributed by atoms with Crippen LogP contribution in [-0.2, 0) is 20.9 Å². The minimum absolute atomic E-state index is 0.201. The van der Waals surface area contributed by atoms with Gasteiger partial charge in [0.05, 0.1) is 19.3 Å². The maximum atomic E-state index is 12.2. The normalized spacial score (nSPS) is 10.5. The fourth-order valence-electron chi connectivity index (χ4n) is 2.13. The molecular formula is C20H20O5. The Bertz CT molecular complexity index is 750. The topological polar surface area (TPSA) is 61.8 Å². The molecule has 2 aromatic carbocycles. The highest BCUT2D eigenvalue weighted by molar-refractivity contribution is 5.91. The summed E-state index contributed by atoms with van der Waals surface area (Å²) in [4.78, 5) is 23.6. The van der Waals surface area contributed by atoms with Crippen LogP contribution in [-0.4, -0.2) is 25.7 Å². The Morgan fingerprint density at radius 2 is 1.80 bits per heavy atom. The molecule has 0 atom stereocenters. The molecule has 2 rings (SSSR count). The van der Waals surface area contributed by atoms with Crippen LogP contribution in [0.15, 0.2) is 54.6 Å². The Labute approximate surface area is 146 Å². The van der Waals surface area contributed by atoms with Crippen LogP contribution in [0.2, 0.25) is 0 Å². The molecule has 0 amide bonds. The molecule has 0 aliphatic heterocycles. The van der Waals surface area contributed by atoms with Gasteiger partial charge in [0.2, 0.25) is 0 Å². The Balaban J connectivity index is 2.06. The van der Waals surface area contributed by atoms with E-state index in [0.29, 0.717) is 23.5 Å². The van der Waals surface area contributed by atoms with Gasteiger partial charge in [-0.05, 0) is 30.7 Å². The zero-order valence-corrected chi connectivity index (χ0v) is 14.2. The lowest BCUT2D eigenvalue weighted by atomic mass is 10.1. The van der Waals surface area contributed by atoms with Crippen LogP contribution in [0.4, 0.5) is 0 Å². The van der Waals surface area contributed by atoms with E-state index in [2.05, 4.69) is 0 Å². The second-order valence-electron chi connectivity index (χ2n) is 5.10. The highest BCUT2D eigenvalue weighted by Crippen LogP contribution is 2.22. The first-order chi connectivity index (χ1) is 12.1. The van der Waals surface area contributed by atoms with Crippen molar-refractivity contribution in [3.63, 3.8) is 0 Å². The van der Waals surface area contributed by atoms with Gasteiger partial charge in [-0.2, -0.15) is 0 Å². The second kappa shape index (κ2) is 9.27. The number of carbonyl (C=O) groups excluding carboxylic acids is 2. The van der Waals surface area contributed by atoms with Crippen molar-refractivity contribution in [2.45, 2.75) is 13.5 Å². The average molecular weight is 340 g/mol. The molecule has 0 N–H and O–H groups in total. The van der Waals surface area contributed by atoms with Gasteiger partial charge in [-0.25, -0.2) is 9.59 Å². The highest BCUT2D eigenvalue weighted by Gasteiger charge is 2.11. The number of methoxy groups -OCH3 is 1. The van der Waals surface area contributed by atoms with Crippen molar-refractivity contribution in [2.75, 3.05) is 13.7 Å². The maximum absolute atomic E-state index is 12.2. The zero-order valence-electron chi connectivity index (χ0n) is 14.2. The van der Waals surface area contributed by atoms with Gasteiger partial charge in [0, 0.05) is 11.6 Å². The monoisotopic (exact) mass is 340 g/mol. The van der Waals surface area contributed by atoms with E-state index < -0.39 is 11.9 Å². The Hall–Kier alpha value is -3.08. The van der Waals surface area contributed by atoms with Gasteiger partial charge in [0.15, 0.2) is 0 Å². The number of rotatable bonds is 7. The van der Waals surface area contributed by atoms with Crippen LogP contribution in [0.5, 0.6) is 5.75 Å². The SMILES string of the molecule is CCOC(=O)/C=C/c1ccc(C(=O)OCc2ccccc2)cc1OC. The Kier molecular flexibility index (Phi) is 6.77. The fraction of sp³-hybridized carbons (Fsp3) is 0.200. The van der Waals surface area contributed by atoms with Crippen molar-refractivity contribution >= 4 is 18.0 Å². The van der Waals surface area contributed by atoms with Crippen molar-refractivity contribution in [3.8, 4) is 5.75 Å². The van der Waals surface area contributed by atoms with Crippen LogP contribution in [0, 0.1) is 0 Å². The molecule has 5 nitrogen and oxygen atoms in total. The first-order valence-corrected chi connectivity index (χ1v) is 7.88. The van der Waals surface area contributed by atoms with Gasteiger partial charge in [-0.3, -0.25) is 0 Å². The Morgan fingerprint density at radius 1 is 1.04 bits per heavy atom. The predicted molar refractivity (Wildman–Crippen MR) is 94.2 cm³/mol. The molecule has 0 spiro atoms. The lowest BCUT2D eigenvalue weighted by Gasteiger charge is -2.09. The van der Waals surface area contributed by atoms with Gasteiger partial charge in [-0.15, -0.1) is 0 Å². The smallest absolute Gasteiger partial charge is 0.338 e. The number of esters is 2. The predicted octanol–water partition coefficient (Wildman–Crippen LogP) is 3.63. The van der Waals surface area contributed by atoms with Crippen LogP contribution in [0.25, 0.3) is 6.08 Å². The number of carbonyl (C=O) groups is 2. The van der Waals surface area contributed by atoms with Crippen molar-refractivity contribution in [3.05, 3.63) is 71.3 Å². The van der Waals surface area contributed by atoms with Crippen LogP contribution >= 0.6 is 0 Å². The van der Waals surface area contributed by atoms with E-state index in [-0.39, 0.29) is 6.61 Å². The molecule has 2 aromatic rings. The average Bonchev–Trinajstić information content (AvgIpc) is 2.65. The number of hydrogen-bond acceptors (Lipinski definition) is 5. The number of benzene rings is 2. The molecule has 130 valence electrons. The summed E-state index contributed by atoms with van der Waals surface area (Å²) in [6, 6.07) is 14.3. The van der Waals surface area contributed by atoms with Crippen LogP contribution in [0.3, 0.4) is 0 Å². The molecule has 0 bridgehead atoms. The van der Waals surface area contributed by atoms with E-state index in [0.717, 1.165) is 5.56 Å². The molecule has 0 radical (unpaired) electrons. The van der Waals surface area contributed by atoms with Gasteiger partial charge >= 0.3 is 11.9 Å². The van der Waals surface area contributed by atoms with E-state index in [9.17, 15) is 9.59 Å². The summed E-state index contributed by atoms with van der Waals surface area (Å²) >= 11 is 0. The van der Waals surface area contributed by atoms with Crippen LogP contribution in [0.1, 0.15) is 28.4 Å². The van der Waals surface area contributed by atoms with Crippen molar-refractivity contribution in [2.24, 2.45) is 0 Å². The molecule has 25 heavy (non-hydrogen) atoms. The molecule has 0 unspecified atom stereocenters. The largest absolute Gasteiger partial charge is 0.496 e. The lowest BCUT2D eigenvalue weighted by molar-refractivity contribution is -0.137. The zero-order chi connectivity index (χ0) is 18.1. The quantitative estimate of drug-likeness (QED) is 0.569. The molecule has 5 heteroatoms. The Morgan fingerprint density at radius 3 is 2.48 bits per heavy atom. The minimum atomic E-state index is -0.442. The third-order valence-corrected chi connectivity index (χ3v) is 3.37. The summed E-state index contributed by atoms with van der Waals surface area (Å²) in [6.45, 7) is 2.25. The van der Waals surface area contributed by atoms with Crippen LogP contribution < -0.4 is 4.74 Å². The third kappa shape index (κ3) is 5.49. The molecule has 0 heterocycles. The molecule has 0 aliphatic rings. The first-order valence-electron chi connectivity index (χ1n) is 7.88. The third-order valence-electron chi connectivity index (χ3n) is 3.37. The molecule has 0 aromatic heterocycles. The van der Waals surface area contributed by atoms with E-state index in [1.54, 1.807) is 31.2 Å². The summed E-state index contributed by atoms with van der Waals surface area (Å²) in [6.07, 6.45) is 2.89. The summed E-state index contributed by atoms with van der Waals surface area (Å²) in [5.41, 5.74) is 1.95. The van der Waals surface area contributed by atoms with E-state index >= 15 is 0 Å². The number of hydrogen-bond donors (Lipinski definition) is 0. The van der Waals surface area contributed by atoms with Gasteiger partial charge in [0.1, 0.15) is 12.4 Å². The standard InChI is InChI=1S/C20H20O5/c1-3-24-19(21)12-11-16-9-10-17(13-18(16)23-2)20(22)25-14-15-7-5-4-6-8-15/h4-13H,3,14H2,1-2H3/b12-11+. The van der Waals surface area contributed by atoms with E-state index in [1.807, 2.05) is 30.3 Å². The van der Waals surface area contributed by atoms with Gasteiger partial charge < -0.3 is 14.2 Å². The van der Waals surface area contributed by atoms with Gasteiger partial charge in [-0.1, -0.05) is 36.4 Å². The highest BCUT2D eigenvalue weighted by atomic mass is 16.5. The van der Waals surface area contributed by atoms with Gasteiger partial charge in [0.25, 0.3) is 0 Å². The molecule has 0 saturated carbocycles. The summed E-state index contributed by atoms with van der Waals surface area (Å²) < 4.78 is 15.4. The summed E-state index contributed by atoms with van der Waals surface area (Å²) in [7, 11) is 1.50. The molecule has 0 saturated heterocycles. The number of ether oxygens (including phenoxy) is 3. The summed E-state index contributed by atoms with van der Waals surface area (Å²) in [5, 5.41) is 0.